The fourth-order valence-electron chi connectivity index (χ4n) is 1.75. The average Bonchev–Trinajstić information content (AvgIpc) is 2.58. The molecule has 0 fully saturated rings. The van der Waals surface area contributed by atoms with Crippen molar-refractivity contribution in [3.8, 4) is 0 Å². The van der Waals surface area contributed by atoms with Gasteiger partial charge in [0.05, 0.1) is 6.61 Å². The number of hydrogen-bond donors (Lipinski definition) is 0. The Morgan fingerprint density at radius 3 is 3.15 bits per heavy atom. The van der Waals surface area contributed by atoms with Crippen LogP contribution in [0.1, 0.15) is 24.5 Å². The summed E-state index contributed by atoms with van der Waals surface area (Å²) < 4.78 is 7.26. The smallest absolute Gasteiger partial charge is 0.135 e. The second kappa shape index (κ2) is 3.87. The molecule has 0 amide bonds. The quantitative estimate of drug-likeness (QED) is 0.692. The van der Waals surface area contributed by atoms with Gasteiger partial charge in [0.15, 0.2) is 0 Å². The zero-order valence-corrected chi connectivity index (χ0v) is 7.99. The van der Waals surface area contributed by atoms with Crippen molar-refractivity contribution in [2.24, 2.45) is 0 Å². The molecule has 0 spiro atoms. The Morgan fingerprint density at radius 1 is 1.38 bits per heavy atom. The molecule has 0 saturated heterocycles. The van der Waals surface area contributed by atoms with Crippen LogP contribution < -0.4 is 0 Å². The number of methoxy groups -OCH3 is 1. The molecule has 0 N–H and O–H groups in total. The Labute approximate surface area is 77.9 Å². The van der Waals surface area contributed by atoms with Crippen molar-refractivity contribution in [3.05, 3.63) is 11.6 Å². The van der Waals surface area contributed by atoms with Gasteiger partial charge in [-0.1, -0.05) is 0 Å². The normalized spacial score (nSPS) is 15.8. The van der Waals surface area contributed by atoms with Crippen molar-refractivity contribution in [3.63, 3.8) is 0 Å². The van der Waals surface area contributed by atoms with Crippen LogP contribution in [0.4, 0.5) is 0 Å². The number of aryl methyl sites for hydroxylation is 1. The number of hydrogen-bond acceptors (Lipinski definition) is 3. The van der Waals surface area contributed by atoms with Gasteiger partial charge in [0.2, 0.25) is 0 Å². The van der Waals surface area contributed by atoms with Gasteiger partial charge in [0.25, 0.3) is 0 Å². The molecule has 4 nitrogen and oxygen atoms in total. The summed E-state index contributed by atoms with van der Waals surface area (Å²) in [4.78, 5) is 0. The highest BCUT2D eigenvalue weighted by Crippen LogP contribution is 2.14. The van der Waals surface area contributed by atoms with Gasteiger partial charge in [-0.25, -0.2) is 0 Å². The second-order valence-corrected chi connectivity index (χ2v) is 3.38. The molecule has 0 aromatic carbocycles. The van der Waals surface area contributed by atoms with Crippen LogP contribution in [0.15, 0.2) is 0 Å². The third-order valence-corrected chi connectivity index (χ3v) is 2.47. The van der Waals surface area contributed by atoms with Crippen molar-refractivity contribution in [2.75, 3.05) is 13.7 Å². The predicted molar refractivity (Wildman–Crippen MR) is 48.5 cm³/mol. The van der Waals surface area contributed by atoms with Gasteiger partial charge in [-0.15, -0.1) is 10.2 Å². The fourth-order valence-corrected chi connectivity index (χ4v) is 1.75. The van der Waals surface area contributed by atoms with Crippen LogP contribution in [0.3, 0.4) is 0 Å². The van der Waals surface area contributed by atoms with E-state index in [1.165, 1.54) is 12.8 Å². The molecular formula is C9H15N3O. The molecule has 0 saturated carbocycles. The van der Waals surface area contributed by atoms with Crippen molar-refractivity contribution in [1.29, 1.82) is 0 Å². The third-order valence-electron chi connectivity index (χ3n) is 2.47. The van der Waals surface area contributed by atoms with E-state index in [0.717, 1.165) is 37.6 Å². The summed E-state index contributed by atoms with van der Waals surface area (Å²) in [6.45, 7) is 1.82. The average molecular weight is 181 g/mol. The number of fused-ring (bicyclic) bond motifs is 1. The number of rotatable bonds is 3. The van der Waals surface area contributed by atoms with E-state index >= 15 is 0 Å². The third kappa shape index (κ3) is 1.72. The first-order valence-electron chi connectivity index (χ1n) is 4.81. The number of nitrogens with zero attached hydrogens (tertiary/aromatic N) is 3. The van der Waals surface area contributed by atoms with Crippen molar-refractivity contribution in [2.45, 2.75) is 32.2 Å². The Balaban J connectivity index is 2.12. The maximum atomic E-state index is 5.03. The van der Waals surface area contributed by atoms with E-state index in [-0.39, 0.29) is 0 Å². The Hall–Kier alpha value is -0.900. The van der Waals surface area contributed by atoms with Crippen molar-refractivity contribution >= 4 is 0 Å². The maximum absolute atomic E-state index is 5.03. The van der Waals surface area contributed by atoms with E-state index in [0.29, 0.717) is 0 Å². The Bertz CT molecular complexity index is 282. The maximum Gasteiger partial charge on any atom is 0.135 e. The summed E-state index contributed by atoms with van der Waals surface area (Å²) in [5, 5.41) is 8.34. The molecule has 0 aliphatic carbocycles. The van der Waals surface area contributed by atoms with Crippen LogP contribution in [0.5, 0.6) is 0 Å². The van der Waals surface area contributed by atoms with Crippen LogP contribution in [0.2, 0.25) is 0 Å². The molecule has 0 unspecified atom stereocenters. The molecule has 0 bridgehead atoms. The molecule has 2 heterocycles. The van der Waals surface area contributed by atoms with Crippen LogP contribution in [0, 0.1) is 0 Å². The minimum Gasteiger partial charge on any atom is -0.384 e. The van der Waals surface area contributed by atoms with E-state index in [9.17, 15) is 0 Å². The lowest BCUT2D eigenvalue weighted by atomic mass is 10.1. The van der Waals surface area contributed by atoms with Crippen LogP contribution in [-0.4, -0.2) is 28.5 Å². The van der Waals surface area contributed by atoms with Crippen molar-refractivity contribution in [1.82, 2.24) is 14.8 Å². The molecule has 2 rings (SSSR count). The van der Waals surface area contributed by atoms with Gasteiger partial charge in [-0.05, 0) is 12.8 Å². The molecule has 13 heavy (non-hydrogen) atoms. The molecule has 0 atom stereocenters. The lowest BCUT2D eigenvalue weighted by Crippen LogP contribution is -2.14. The Kier molecular flexibility index (Phi) is 2.59. The zero-order chi connectivity index (χ0) is 9.10. The SMILES string of the molecule is COCCc1nnc2n1CCCC2. The molecule has 1 aliphatic heterocycles. The number of aromatic nitrogens is 3. The minimum absolute atomic E-state index is 0.734. The predicted octanol–water partition coefficient (Wildman–Crippen LogP) is 0.803. The van der Waals surface area contributed by atoms with Crippen molar-refractivity contribution < 1.29 is 4.74 Å². The molecule has 1 aromatic rings. The molecule has 0 radical (unpaired) electrons. The summed E-state index contributed by atoms with van der Waals surface area (Å²) in [5.41, 5.74) is 0. The molecule has 1 aliphatic rings. The van der Waals surface area contributed by atoms with E-state index in [2.05, 4.69) is 14.8 Å². The first-order chi connectivity index (χ1) is 6.42. The summed E-state index contributed by atoms with van der Waals surface area (Å²) in [7, 11) is 1.72. The zero-order valence-electron chi connectivity index (χ0n) is 7.99. The highest BCUT2D eigenvalue weighted by Gasteiger charge is 2.14. The van der Waals surface area contributed by atoms with Gasteiger partial charge in [-0.3, -0.25) is 0 Å². The molecule has 72 valence electrons. The Morgan fingerprint density at radius 2 is 2.31 bits per heavy atom. The van der Waals surface area contributed by atoms with E-state index in [1.54, 1.807) is 7.11 Å². The van der Waals surface area contributed by atoms with E-state index < -0.39 is 0 Å². The number of ether oxygens (including phenoxy) is 1. The van der Waals surface area contributed by atoms with Crippen LogP contribution in [-0.2, 0) is 24.1 Å². The minimum atomic E-state index is 0.734. The van der Waals surface area contributed by atoms with Gasteiger partial charge in [-0.2, -0.15) is 0 Å². The lowest BCUT2D eigenvalue weighted by molar-refractivity contribution is 0.199. The molecular weight excluding hydrogens is 166 g/mol. The molecule has 1 aromatic heterocycles. The van der Waals surface area contributed by atoms with Gasteiger partial charge in [0, 0.05) is 26.5 Å². The summed E-state index contributed by atoms with van der Waals surface area (Å²) >= 11 is 0. The topological polar surface area (TPSA) is 39.9 Å². The first-order valence-corrected chi connectivity index (χ1v) is 4.81. The summed E-state index contributed by atoms with van der Waals surface area (Å²) in [6, 6.07) is 0. The van der Waals surface area contributed by atoms with Crippen LogP contribution >= 0.6 is 0 Å². The highest BCUT2D eigenvalue weighted by molar-refractivity contribution is 4.98. The summed E-state index contributed by atoms with van der Waals surface area (Å²) in [6.07, 6.45) is 4.47. The van der Waals surface area contributed by atoms with E-state index in [4.69, 9.17) is 4.74 Å². The monoisotopic (exact) mass is 181 g/mol. The van der Waals surface area contributed by atoms with Gasteiger partial charge in [0.1, 0.15) is 11.6 Å². The lowest BCUT2D eigenvalue weighted by Gasteiger charge is -2.14. The first kappa shape index (κ1) is 8.69. The molecule has 4 heteroatoms. The highest BCUT2D eigenvalue weighted by atomic mass is 16.5. The largest absolute Gasteiger partial charge is 0.384 e. The van der Waals surface area contributed by atoms with Crippen LogP contribution in [0.25, 0.3) is 0 Å². The standard InChI is InChI=1S/C9H15N3O/c1-13-7-5-9-11-10-8-4-2-3-6-12(8)9/h2-7H2,1H3. The summed E-state index contributed by atoms with van der Waals surface area (Å²) in [5.74, 6) is 2.23. The van der Waals surface area contributed by atoms with E-state index in [1.807, 2.05) is 0 Å². The van der Waals surface area contributed by atoms with Gasteiger partial charge >= 0.3 is 0 Å². The second-order valence-electron chi connectivity index (χ2n) is 3.38. The fraction of sp³-hybridized carbons (Fsp3) is 0.778. The van der Waals surface area contributed by atoms with Gasteiger partial charge < -0.3 is 9.30 Å².